The lowest BCUT2D eigenvalue weighted by Gasteiger charge is -2.06. The SMILES string of the molecule is COC([O-])=Nc1cc(-c2nc(-c3ccc(Cl)cc3Cl)c(-c3n[nH]c(C)n3)s2)ccn1. The molecule has 0 atom stereocenters. The number of nitrogens with one attached hydrogen (secondary N) is 1. The van der Waals surface area contributed by atoms with Crippen molar-refractivity contribution in [2.45, 2.75) is 6.92 Å². The van der Waals surface area contributed by atoms with Crippen LogP contribution in [0.5, 0.6) is 0 Å². The molecule has 4 rings (SSSR count). The van der Waals surface area contributed by atoms with E-state index in [4.69, 9.17) is 28.2 Å². The Morgan fingerprint density at radius 3 is 2.73 bits per heavy atom. The number of halogens is 2. The Morgan fingerprint density at radius 1 is 1.20 bits per heavy atom. The predicted molar refractivity (Wildman–Crippen MR) is 115 cm³/mol. The van der Waals surface area contributed by atoms with Crippen LogP contribution in [0.15, 0.2) is 41.5 Å². The molecule has 0 amide bonds. The van der Waals surface area contributed by atoms with E-state index in [1.54, 1.807) is 36.5 Å². The third-order valence-electron chi connectivity index (χ3n) is 3.99. The Kier molecular flexibility index (Phi) is 5.67. The second-order valence-electron chi connectivity index (χ2n) is 6.05. The smallest absolute Gasteiger partial charge is 0.193 e. The zero-order valence-electron chi connectivity index (χ0n) is 15.7. The van der Waals surface area contributed by atoms with Crippen molar-refractivity contribution in [3.63, 3.8) is 0 Å². The van der Waals surface area contributed by atoms with Crippen LogP contribution in [0.2, 0.25) is 10.0 Å². The number of hydrogen-bond donors (Lipinski definition) is 1. The van der Waals surface area contributed by atoms with Crippen LogP contribution in [0.1, 0.15) is 5.82 Å². The highest BCUT2D eigenvalue weighted by Gasteiger charge is 2.21. The molecule has 11 heteroatoms. The monoisotopic (exact) mass is 459 g/mol. The number of ether oxygens (including phenoxy) is 1. The van der Waals surface area contributed by atoms with Gasteiger partial charge in [0.15, 0.2) is 17.7 Å². The average Bonchev–Trinajstić information content (AvgIpc) is 3.34. The highest BCUT2D eigenvalue weighted by molar-refractivity contribution is 7.18. The highest BCUT2D eigenvalue weighted by Crippen LogP contribution is 2.42. The van der Waals surface area contributed by atoms with Gasteiger partial charge < -0.3 is 9.84 Å². The van der Waals surface area contributed by atoms with Crippen molar-refractivity contribution in [3.8, 4) is 32.5 Å². The Morgan fingerprint density at radius 2 is 2.03 bits per heavy atom. The zero-order chi connectivity index (χ0) is 21.3. The lowest BCUT2D eigenvalue weighted by Crippen LogP contribution is -2.18. The third-order valence-corrected chi connectivity index (χ3v) is 5.63. The molecule has 0 unspecified atom stereocenters. The summed E-state index contributed by atoms with van der Waals surface area (Å²) in [7, 11) is 1.25. The number of rotatable bonds is 4. The van der Waals surface area contributed by atoms with Gasteiger partial charge in [0.2, 0.25) is 0 Å². The van der Waals surface area contributed by atoms with Gasteiger partial charge in [-0.15, -0.1) is 11.3 Å². The number of aromatic nitrogens is 5. The summed E-state index contributed by atoms with van der Waals surface area (Å²) in [4.78, 5) is 17.8. The van der Waals surface area contributed by atoms with Gasteiger partial charge in [-0.2, -0.15) is 5.10 Å². The van der Waals surface area contributed by atoms with E-state index >= 15 is 0 Å². The van der Waals surface area contributed by atoms with Gasteiger partial charge >= 0.3 is 0 Å². The van der Waals surface area contributed by atoms with Crippen molar-refractivity contribution in [2.24, 2.45) is 4.99 Å². The lowest BCUT2D eigenvalue weighted by atomic mass is 10.1. The van der Waals surface area contributed by atoms with Crippen LogP contribution in [0, 0.1) is 6.92 Å². The molecule has 1 aromatic carbocycles. The number of aliphatic imine (C=N–C) groups is 1. The molecule has 0 aliphatic heterocycles. The van der Waals surface area contributed by atoms with Gasteiger partial charge in [0.25, 0.3) is 0 Å². The summed E-state index contributed by atoms with van der Waals surface area (Å²) in [5, 5.41) is 20.2. The summed E-state index contributed by atoms with van der Waals surface area (Å²) in [6.45, 7) is 1.82. The largest absolute Gasteiger partial charge is 0.603 e. The normalized spacial score (nSPS) is 11.7. The van der Waals surface area contributed by atoms with Crippen LogP contribution in [0.25, 0.3) is 32.5 Å². The second kappa shape index (κ2) is 8.39. The van der Waals surface area contributed by atoms with E-state index in [-0.39, 0.29) is 5.82 Å². The van der Waals surface area contributed by atoms with Crippen LogP contribution in [-0.2, 0) is 4.74 Å². The number of hydrogen-bond acceptors (Lipinski definition) is 8. The van der Waals surface area contributed by atoms with Gasteiger partial charge in [-0.1, -0.05) is 23.2 Å². The van der Waals surface area contributed by atoms with Crippen LogP contribution >= 0.6 is 34.5 Å². The second-order valence-corrected chi connectivity index (χ2v) is 7.89. The minimum Gasteiger partial charge on any atom is -0.603 e. The standard InChI is InChI=1S/C19H14Cl2N6O2S/c1-9-23-17(27-26-9)16-15(12-4-3-11(20)8-13(12)21)25-18(30-16)10-5-6-22-14(7-10)24-19(28)29-2/h3-8H,1-2H3,(H,22,24,28)(H,23,26,27)/p-1. The topological polar surface area (TPSA) is 112 Å². The van der Waals surface area contributed by atoms with Crippen LogP contribution in [0.3, 0.4) is 0 Å². The summed E-state index contributed by atoms with van der Waals surface area (Å²) < 4.78 is 4.56. The van der Waals surface area contributed by atoms with Crippen molar-refractivity contribution in [1.29, 1.82) is 0 Å². The fraction of sp³-hybridized carbons (Fsp3) is 0.105. The molecule has 1 N–H and O–H groups in total. The Labute approximate surface area is 185 Å². The molecular formula is C19H13Cl2N6O2S-. The zero-order valence-corrected chi connectivity index (χ0v) is 18.0. The summed E-state index contributed by atoms with van der Waals surface area (Å²) in [5.41, 5.74) is 2.05. The van der Waals surface area contributed by atoms with Gasteiger partial charge in [0, 0.05) is 22.3 Å². The molecule has 30 heavy (non-hydrogen) atoms. The number of aromatic amines is 1. The fourth-order valence-corrected chi connectivity index (χ4v) is 4.16. The van der Waals surface area contributed by atoms with E-state index in [1.807, 2.05) is 6.92 Å². The molecule has 152 valence electrons. The molecule has 4 aromatic rings. The highest BCUT2D eigenvalue weighted by atomic mass is 35.5. The summed E-state index contributed by atoms with van der Waals surface area (Å²) in [6, 6.07) is 8.63. The number of pyridine rings is 1. The van der Waals surface area contributed by atoms with Gasteiger partial charge in [0.05, 0.1) is 10.7 Å². The van der Waals surface area contributed by atoms with Gasteiger partial charge in [-0.3, -0.25) is 5.10 Å². The lowest BCUT2D eigenvalue weighted by molar-refractivity contribution is -0.247. The minimum atomic E-state index is -0.732. The summed E-state index contributed by atoms with van der Waals surface area (Å²) >= 11 is 13.9. The molecule has 0 bridgehead atoms. The fourth-order valence-electron chi connectivity index (χ4n) is 2.66. The minimum absolute atomic E-state index is 0.218. The number of H-pyrrole nitrogens is 1. The molecule has 0 saturated carbocycles. The Hall–Kier alpha value is -3.01. The van der Waals surface area contributed by atoms with E-state index in [0.717, 1.165) is 10.4 Å². The van der Waals surface area contributed by atoms with Crippen molar-refractivity contribution in [2.75, 3.05) is 7.11 Å². The van der Waals surface area contributed by atoms with E-state index in [1.165, 1.54) is 18.4 Å². The number of benzene rings is 1. The number of methoxy groups -OCH3 is 1. The maximum Gasteiger partial charge on any atom is 0.193 e. The van der Waals surface area contributed by atoms with E-state index < -0.39 is 6.08 Å². The summed E-state index contributed by atoms with van der Waals surface area (Å²) in [6.07, 6.45) is 0.814. The van der Waals surface area contributed by atoms with Crippen molar-refractivity contribution >= 4 is 46.4 Å². The molecule has 3 aromatic heterocycles. The first-order chi connectivity index (χ1) is 14.4. The van der Waals surface area contributed by atoms with Crippen LogP contribution in [-0.4, -0.2) is 38.3 Å². The van der Waals surface area contributed by atoms with Gasteiger partial charge in [-0.25, -0.2) is 19.9 Å². The summed E-state index contributed by atoms with van der Waals surface area (Å²) in [5.74, 6) is 1.40. The van der Waals surface area contributed by atoms with Crippen molar-refractivity contribution in [1.82, 2.24) is 25.1 Å². The van der Waals surface area contributed by atoms with E-state index in [2.05, 4.69) is 29.9 Å². The Balaban J connectivity index is 1.87. The van der Waals surface area contributed by atoms with E-state index in [9.17, 15) is 5.11 Å². The molecular weight excluding hydrogens is 447 g/mol. The first-order valence-corrected chi connectivity index (χ1v) is 10.1. The maximum absolute atomic E-state index is 11.4. The number of thiazole rings is 1. The number of aryl methyl sites for hydroxylation is 1. The van der Waals surface area contributed by atoms with Crippen LogP contribution < -0.4 is 5.11 Å². The molecule has 3 heterocycles. The van der Waals surface area contributed by atoms with Gasteiger partial charge in [-0.05, 0) is 44.4 Å². The molecule has 0 aliphatic rings. The average molecular weight is 460 g/mol. The molecule has 0 spiro atoms. The molecule has 0 aliphatic carbocycles. The van der Waals surface area contributed by atoms with Crippen molar-refractivity contribution in [3.05, 3.63) is 52.4 Å². The Bertz CT molecular complexity index is 1250. The van der Waals surface area contributed by atoms with E-state index in [0.29, 0.717) is 38.0 Å². The molecule has 0 saturated heterocycles. The van der Waals surface area contributed by atoms with Gasteiger partial charge in [0.1, 0.15) is 15.7 Å². The predicted octanol–water partition coefficient (Wildman–Crippen LogP) is 4.27. The molecule has 0 radical (unpaired) electrons. The first kappa shape index (κ1) is 20.3. The van der Waals surface area contributed by atoms with Crippen molar-refractivity contribution < 1.29 is 9.84 Å². The van der Waals surface area contributed by atoms with Crippen LogP contribution in [0.4, 0.5) is 5.82 Å². The molecule has 8 nitrogen and oxygen atoms in total. The quantitative estimate of drug-likeness (QED) is 0.360. The maximum atomic E-state index is 11.4. The number of nitrogens with zero attached hydrogens (tertiary/aromatic N) is 5. The third kappa shape index (κ3) is 4.13. The first-order valence-electron chi connectivity index (χ1n) is 8.56. The molecule has 0 fully saturated rings.